The SMILES string of the molecule is C#CCCO.CCOC(=O)[C@@](C)(C[C@H]1CC(c2ccc(Br)cc2)=NO1)S(C)(=O)=O.CCOC(=O)[C@@](C)(C[C@H]1CC(c2ccc(C#CCCF)cc2)=NO1)S(C)(=O)=O.CCOC(=O)[C@@](C)(C[C@H]1CC(c2ccc(C#CCCO)cc2)=NO1)S(C)(=O)=O.C[C@@](C[C@H]1CC(c2ccc(C#CCCF)cc2)=NO1)(C(=O)O)S(C)(=O)=O. The minimum Gasteiger partial charge on any atom is -0.480 e. The molecule has 111 heavy (non-hydrogen) atoms. The average Bonchev–Trinajstić information content (AvgIpc) is 1.77. The van der Waals surface area contributed by atoms with Gasteiger partial charge in [-0.05, 0) is 119 Å². The van der Waals surface area contributed by atoms with Crippen molar-refractivity contribution in [1.29, 1.82) is 0 Å². The van der Waals surface area contributed by atoms with Gasteiger partial charge < -0.3 is 48.9 Å². The van der Waals surface area contributed by atoms with Crippen molar-refractivity contribution in [1.82, 2.24) is 0 Å². The zero-order chi connectivity index (χ0) is 83.0. The number of carboxylic acid groups (broad SMARTS) is 1. The van der Waals surface area contributed by atoms with E-state index in [1.54, 1.807) is 57.2 Å². The molecule has 4 aliphatic heterocycles. The Morgan fingerprint density at radius 2 is 0.694 bits per heavy atom. The number of aliphatic carboxylic acids is 1. The van der Waals surface area contributed by atoms with Crippen LogP contribution in [0, 0.1) is 47.9 Å². The van der Waals surface area contributed by atoms with Crippen molar-refractivity contribution < 1.29 is 111 Å². The van der Waals surface area contributed by atoms with Gasteiger partial charge in [0.2, 0.25) is 0 Å². The third-order valence-corrected chi connectivity index (χ3v) is 26.1. The van der Waals surface area contributed by atoms with Crippen LogP contribution in [-0.2, 0) is 92.1 Å². The number of aliphatic hydroxyl groups is 2. The van der Waals surface area contributed by atoms with Crippen molar-refractivity contribution in [3.05, 3.63) is 140 Å². The van der Waals surface area contributed by atoms with Crippen LogP contribution in [0.15, 0.2) is 122 Å². The first-order chi connectivity index (χ1) is 52.2. The van der Waals surface area contributed by atoms with Crippen molar-refractivity contribution in [2.24, 2.45) is 20.6 Å². The number of oxime groups is 4. The molecule has 4 aliphatic rings. The molecule has 0 aromatic heterocycles. The maximum absolute atomic E-state index is 12.3. The minimum atomic E-state index is -3.82. The fourth-order valence-electron chi connectivity index (χ4n) is 10.6. The van der Waals surface area contributed by atoms with Crippen molar-refractivity contribution in [3.63, 3.8) is 0 Å². The third-order valence-electron chi connectivity index (χ3n) is 17.7. The highest BCUT2D eigenvalue weighted by atomic mass is 79.9. The molecule has 604 valence electrons. The predicted octanol–water partition coefficient (Wildman–Crippen LogP) is 9.19. The van der Waals surface area contributed by atoms with Crippen LogP contribution in [0.25, 0.3) is 0 Å². The van der Waals surface area contributed by atoms with Crippen LogP contribution in [0.2, 0.25) is 0 Å². The number of halogens is 3. The summed E-state index contributed by atoms with van der Waals surface area (Å²) in [6, 6.07) is 29.4. The van der Waals surface area contributed by atoms with Crippen molar-refractivity contribution in [2.45, 2.75) is 169 Å². The van der Waals surface area contributed by atoms with Gasteiger partial charge in [0.1, 0.15) is 37.8 Å². The highest BCUT2D eigenvalue weighted by Gasteiger charge is 2.52. The Kier molecular flexibility index (Phi) is 37.1. The number of benzene rings is 4. The van der Waals surface area contributed by atoms with E-state index in [0.29, 0.717) is 55.7 Å². The Balaban J connectivity index is 0.000000306. The second kappa shape index (κ2) is 43.7. The number of carbonyl (C=O) groups is 4. The van der Waals surface area contributed by atoms with E-state index in [2.05, 4.69) is 78.0 Å². The molecule has 3 N–H and O–H groups in total. The summed E-state index contributed by atoms with van der Waals surface area (Å²) >= 11 is 3.37. The fraction of sp³-hybridized carbons (Fsp3) is 0.487. The molecule has 0 unspecified atom stereocenters. The molecule has 0 aliphatic carbocycles. The molecule has 0 saturated carbocycles. The molecule has 0 fully saturated rings. The normalized spacial score (nSPS) is 18.3. The third kappa shape index (κ3) is 27.7. The van der Waals surface area contributed by atoms with Gasteiger partial charge in [-0.15, -0.1) is 12.3 Å². The van der Waals surface area contributed by atoms with Gasteiger partial charge in [-0.25, -0.2) is 33.7 Å². The van der Waals surface area contributed by atoms with Crippen molar-refractivity contribution in [3.8, 4) is 47.9 Å². The van der Waals surface area contributed by atoms with Gasteiger partial charge in [-0.3, -0.25) is 28.0 Å². The summed E-state index contributed by atoms with van der Waals surface area (Å²) in [4.78, 5) is 69.6. The van der Waals surface area contributed by atoms with E-state index in [9.17, 15) is 66.7 Å². The molecular weight excluding hydrogens is 1590 g/mol. The standard InChI is InChI=1S/C20H24FNO5S.C20H25NO6S.C18H20FNO5S.C16H20BrNO5S.C4H6O/c1-4-26-19(23)20(2,28(3,24)25)14-17-13-18(22-27-17)16-10-8-15(9-11-16)7-5-6-12-21;1-4-26-19(23)20(2,28(3,24)25)14-17-13-18(21-27-17)16-10-8-15(9-11-16)7-5-6-12-22;1-18(17(21)22,26(2,23)24)12-15-11-16(20-25-15)14-8-6-13(7-9-14)5-3-4-10-19;1-4-22-15(19)16(2,24(3,20)21)10-13-9-14(18-23-13)11-5-7-12(17)8-6-11;1-2-3-4-5/h8-11,17H,4,6,12-14H2,1-3H3;8-11,17,22H,4,6,12-14H2,1-3H3;6-9,15H,4,10-12H2,1-2H3,(H,21,22);5-8,13H,4,9-10H2,1-3H3;1,5H,3-4H2/t2*17-,20-;15-,18-;13-,16-;/m1111./s1. The van der Waals surface area contributed by atoms with Crippen LogP contribution in [0.1, 0.15) is 164 Å². The molecule has 26 nitrogen and oxygen atoms in total. The topological polar surface area (TPSA) is 380 Å². The smallest absolute Gasteiger partial charge is 0.327 e. The van der Waals surface area contributed by atoms with Gasteiger partial charge in [-0.1, -0.05) is 121 Å². The Labute approximate surface area is 657 Å². The number of esters is 3. The number of aliphatic hydroxyl groups excluding tert-OH is 2. The lowest BCUT2D eigenvalue weighted by molar-refractivity contribution is -0.147. The maximum atomic E-state index is 12.3. The lowest BCUT2D eigenvalue weighted by Crippen LogP contribution is -2.47. The lowest BCUT2D eigenvalue weighted by atomic mass is 9.97. The van der Waals surface area contributed by atoms with E-state index in [1.165, 1.54) is 27.7 Å². The molecule has 0 spiro atoms. The molecule has 4 heterocycles. The van der Waals surface area contributed by atoms with E-state index in [0.717, 1.165) is 74.2 Å². The molecule has 33 heteroatoms. The first kappa shape index (κ1) is 94.3. The number of rotatable bonds is 27. The largest absolute Gasteiger partial charge is 0.480 e. The molecule has 0 bridgehead atoms. The number of carboxylic acids is 1. The number of terminal acetylenes is 1. The molecule has 8 rings (SSSR count). The zero-order valence-electron chi connectivity index (χ0n) is 63.7. The summed E-state index contributed by atoms with van der Waals surface area (Å²) in [7, 11) is -14.9. The number of ether oxygens (including phenoxy) is 3. The Morgan fingerprint density at radius 3 is 0.901 bits per heavy atom. The maximum Gasteiger partial charge on any atom is 0.327 e. The Hall–Kier alpha value is -9.06. The van der Waals surface area contributed by atoms with Gasteiger partial charge >= 0.3 is 23.9 Å². The molecular formula is C78H95BrF2N4O22S4. The van der Waals surface area contributed by atoms with Gasteiger partial charge in [0.05, 0.1) is 55.9 Å². The predicted molar refractivity (Wildman–Crippen MR) is 421 cm³/mol. The Bertz CT molecular complexity index is 4570. The van der Waals surface area contributed by atoms with E-state index in [1.807, 2.05) is 60.7 Å². The van der Waals surface area contributed by atoms with Gasteiger partial charge in [-0.2, -0.15) is 0 Å². The van der Waals surface area contributed by atoms with E-state index in [-0.39, 0.29) is 71.6 Å². The van der Waals surface area contributed by atoms with Crippen LogP contribution in [0.4, 0.5) is 8.78 Å². The number of nitrogens with zero attached hydrogens (tertiary/aromatic N) is 4. The number of sulfone groups is 4. The van der Waals surface area contributed by atoms with Gasteiger partial charge in [0.15, 0.2) is 58.3 Å². The molecule has 4 aromatic carbocycles. The van der Waals surface area contributed by atoms with Crippen molar-refractivity contribution >= 4 is 102 Å². The van der Waals surface area contributed by atoms with Gasteiger partial charge in [0, 0.05) is 123 Å². The number of carbonyl (C=O) groups excluding carboxylic acids is 3. The summed E-state index contributed by atoms with van der Waals surface area (Å²) in [6.45, 7) is 9.66. The first-order valence-electron chi connectivity index (χ1n) is 34.9. The summed E-state index contributed by atoms with van der Waals surface area (Å²) in [6.07, 6.45) is 8.99. The molecule has 0 amide bonds. The van der Waals surface area contributed by atoms with Crippen LogP contribution in [-0.4, -0.2) is 211 Å². The fourth-order valence-corrected chi connectivity index (χ4v) is 14.2. The number of hydrogen-bond acceptors (Lipinski definition) is 25. The van der Waals surface area contributed by atoms with E-state index < -0.39 is 120 Å². The number of alkyl halides is 2. The zero-order valence-corrected chi connectivity index (χ0v) is 68.6. The molecule has 0 radical (unpaired) electrons. The van der Waals surface area contributed by atoms with Crippen LogP contribution >= 0.6 is 15.9 Å². The lowest BCUT2D eigenvalue weighted by Gasteiger charge is -2.27. The molecule has 8 atom stereocenters. The highest BCUT2D eigenvalue weighted by molar-refractivity contribution is 9.10. The van der Waals surface area contributed by atoms with E-state index in [4.69, 9.17) is 50.2 Å². The molecule has 4 aromatic rings. The summed E-state index contributed by atoms with van der Waals surface area (Å²) in [5.74, 6) is 15.5. The Morgan fingerprint density at radius 1 is 0.450 bits per heavy atom. The van der Waals surface area contributed by atoms with Gasteiger partial charge in [0.25, 0.3) is 0 Å². The first-order valence-corrected chi connectivity index (χ1v) is 43.3. The summed E-state index contributed by atoms with van der Waals surface area (Å²) < 4.78 is 130. The molecule has 0 saturated heterocycles. The summed E-state index contributed by atoms with van der Waals surface area (Å²) in [5.41, 5.74) is 8.34. The summed E-state index contributed by atoms with van der Waals surface area (Å²) in [5, 5.41) is 42.1. The second-order valence-electron chi connectivity index (χ2n) is 26.3. The quantitative estimate of drug-likeness (QED) is 0.0284. The van der Waals surface area contributed by atoms with Crippen LogP contribution < -0.4 is 0 Å². The minimum absolute atomic E-state index is 0.00576. The highest BCUT2D eigenvalue weighted by Crippen LogP contribution is 2.35. The number of hydrogen-bond donors (Lipinski definition) is 3. The average molecular weight is 1690 g/mol. The van der Waals surface area contributed by atoms with Crippen LogP contribution in [0.5, 0.6) is 0 Å². The van der Waals surface area contributed by atoms with E-state index >= 15 is 0 Å². The van der Waals surface area contributed by atoms with Crippen molar-refractivity contribution in [2.75, 3.05) is 71.4 Å². The van der Waals surface area contributed by atoms with Crippen LogP contribution in [0.3, 0.4) is 0 Å². The monoisotopic (exact) mass is 1680 g/mol. The second-order valence-corrected chi connectivity index (χ2v) is 37.0.